The number of carbonyl (C=O) groups is 1. The average molecular weight is 196 g/mol. The summed E-state index contributed by atoms with van der Waals surface area (Å²) in [5.74, 6) is 0.450. The first-order valence-electron chi connectivity index (χ1n) is 5.36. The van der Waals surface area contributed by atoms with E-state index in [-0.39, 0.29) is 11.6 Å². The van der Waals surface area contributed by atoms with Gasteiger partial charge in [-0.2, -0.15) is 0 Å². The highest BCUT2D eigenvalue weighted by atomic mass is 16.6. The molecule has 1 unspecified atom stereocenters. The topological polar surface area (TPSA) is 26.3 Å². The van der Waals surface area contributed by atoms with Crippen molar-refractivity contribution in [2.75, 3.05) is 0 Å². The van der Waals surface area contributed by atoms with Crippen molar-refractivity contribution >= 4 is 5.97 Å². The SMILES string of the molecule is CCC1C=C(C(=O)OC(C)(C)C)CC1. The molecule has 0 amide bonds. The molecule has 14 heavy (non-hydrogen) atoms. The zero-order chi connectivity index (χ0) is 10.8. The molecule has 0 aliphatic heterocycles. The summed E-state index contributed by atoms with van der Waals surface area (Å²) >= 11 is 0. The Balaban J connectivity index is 2.55. The monoisotopic (exact) mass is 196 g/mol. The van der Waals surface area contributed by atoms with E-state index in [9.17, 15) is 4.79 Å². The number of rotatable bonds is 2. The second-order valence-corrected chi connectivity index (χ2v) is 4.90. The standard InChI is InChI=1S/C12H20O2/c1-5-9-6-7-10(8-9)11(13)14-12(2,3)4/h8-9H,5-7H2,1-4H3. The van der Waals surface area contributed by atoms with Crippen molar-refractivity contribution in [3.63, 3.8) is 0 Å². The highest BCUT2D eigenvalue weighted by molar-refractivity contribution is 5.89. The van der Waals surface area contributed by atoms with Crippen molar-refractivity contribution in [3.8, 4) is 0 Å². The van der Waals surface area contributed by atoms with Crippen LogP contribution in [0.3, 0.4) is 0 Å². The lowest BCUT2D eigenvalue weighted by Crippen LogP contribution is -2.24. The molecule has 1 atom stereocenters. The van der Waals surface area contributed by atoms with E-state index in [1.54, 1.807) is 0 Å². The van der Waals surface area contributed by atoms with E-state index in [4.69, 9.17) is 4.74 Å². The smallest absolute Gasteiger partial charge is 0.334 e. The van der Waals surface area contributed by atoms with Crippen molar-refractivity contribution < 1.29 is 9.53 Å². The number of ether oxygens (including phenoxy) is 1. The Labute approximate surface area is 86.3 Å². The minimum Gasteiger partial charge on any atom is -0.457 e. The highest BCUT2D eigenvalue weighted by Crippen LogP contribution is 2.28. The van der Waals surface area contributed by atoms with Crippen LogP contribution in [0.25, 0.3) is 0 Å². The molecule has 0 saturated carbocycles. The molecule has 1 aliphatic carbocycles. The van der Waals surface area contributed by atoms with Crippen molar-refractivity contribution in [3.05, 3.63) is 11.6 Å². The third-order valence-corrected chi connectivity index (χ3v) is 2.41. The molecule has 0 spiro atoms. The van der Waals surface area contributed by atoms with Gasteiger partial charge in [0.1, 0.15) is 5.60 Å². The lowest BCUT2D eigenvalue weighted by Gasteiger charge is -2.19. The normalized spacial score (nSPS) is 22.0. The van der Waals surface area contributed by atoms with E-state index < -0.39 is 0 Å². The maximum Gasteiger partial charge on any atom is 0.334 e. The van der Waals surface area contributed by atoms with Gasteiger partial charge in [0.2, 0.25) is 0 Å². The summed E-state index contributed by atoms with van der Waals surface area (Å²) in [7, 11) is 0. The van der Waals surface area contributed by atoms with Gasteiger partial charge in [-0.15, -0.1) is 0 Å². The predicted molar refractivity (Wildman–Crippen MR) is 56.9 cm³/mol. The first-order valence-corrected chi connectivity index (χ1v) is 5.36. The lowest BCUT2D eigenvalue weighted by atomic mass is 10.1. The van der Waals surface area contributed by atoms with Gasteiger partial charge in [0.15, 0.2) is 0 Å². The van der Waals surface area contributed by atoms with E-state index in [0.717, 1.165) is 24.8 Å². The average Bonchev–Trinajstić information content (AvgIpc) is 2.48. The van der Waals surface area contributed by atoms with E-state index in [1.165, 1.54) is 0 Å². The van der Waals surface area contributed by atoms with Gasteiger partial charge in [-0.3, -0.25) is 0 Å². The van der Waals surface area contributed by atoms with Crippen LogP contribution in [0.2, 0.25) is 0 Å². The van der Waals surface area contributed by atoms with Crippen LogP contribution in [0.5, 0.6) is 0 Å². The largest absolute Gasteiger partial charge is 0.457 e. The van der Waals surface area contributed by atoms with Gasteiger partial charge >= 0.3 is 5.97 Å². The summed E-state index contributed by atoms with van der Waals surface area (Å²) in [5.41, 5.74) is 0.495. The van der Waals surface area contributed by atoms with Gasteiger partial charge in [-0.25, -0.2) is 4.79 Å². The Morgan fingerprint density at radius 2 is 2.21 bits per heavy atom. The van der Waals surface area contributed by atoms with Gasteiger partial charge in [-0.05, 0) is 46.0 Å². The molecule has 2 nitrogen and oxygen atoms in total. The minimum atomic E-state index is -0.373. The first-order chi connectivity index (χ1) is 6.42. The maximum atomic E-state index is 11.6. The predicted octanol–water partition coefficient (Wildman–Crippen LogP) is 3.07. The summed E-state index contributed by atoms with van der Waals surface area (Å²) in [5, 5.41) is 0. The summed E-state index contributed by atoms with van der Waals surface area (Å²) in [6.07, 6.45) is 5.18. The highest BCUT2D eigenvalue weighted by Gasteiger charge is 2.24. The van der Waals surface area contributed by atoms with E-state index in [1.807, 2.05) is 20.8 Å². The summed E-state index contributed by atoms with van der Waals surface area (Å²) in [4.78, 5) is 11.6. The Morgan fingerprint density at radius 1 is 1.57 bits per heavy atom. The molecule has 0 aromatic heterocycles. The number of hydrogen-bond donors (Lipinski definition) is 0. The van der Waals surface area contributed by atoms with E-state index in [0.29, 0.717) is 5.92 Å². The second kappa shape index (κ2) is 4.16. The zero-order valence-corrected chi connectivity index (χ0v) is 9.59. The maximum absolute atomic E-state index is 11.6. The van der Waals surface area contributed by atoms with Gasteiger partial charge in [0, 0.05) is 5.57 Å². The van der Waals surface area contributed by atoms with Gasteiger partial charge in [0.25, 0.3) is 0 Å². The van der Waals surface area contributed by atoms with Crippen molar-refractivity contribution in [1.29, 1.82) is 0 Å². The fourth-order valence-electron chi connectivity index (χ4n) is 1.63. The molecule has 80 valence electrons. The molecule has 0 fully saturated rings. The molecule has 0 bridgehead atoms. The number of esters is 1. The number of hydrogen-bond acceptors (Lipinski definition) is 2. The minimum absolute atomic E-state index is 0.131. The lowest BCUT2D eigenvalue weighted by molar-refractivity contribution is -0.149. The second-order valence-electron chi connectivity index (χ2n) is 4.90. The third-order valence-electron chi connectivity index (χ3n) is 2.41. The van der Waals surface area contributed by atoms with Crippen LogP contribution in [0, 0.1) is 5.92 Å². The Hall–Kier alpha value is -0.790. The van der Waals surface area contributed by atoms with E-state index >= 15 is 0 Å². The van der Waals surface area contributed by atoms with Crippen LogP contribution in [0.1, 0.15) is 47.0 Å². The molecule has 0 aromatic rings. The van der Waals surface area contributed by atoms with Gasteiger partial charge < -0.3 is 4.74 Å². The van der Waals surface area contributed by atoms with Crippen molar-refractivity contribution in [2.45, 2.75) is 52.6 Å². The summed E-state index contributed by atoms with van der Waals surface area (Å²) in [6, 6.07) is 0. The molecule has 0 heterocycles. The molecule has 2 heteroatoms. The molecular formula is C12H20O2. The van der Waals surface area contributed by atoms with Crippen LogP contribution < -0.4 is 0 Å². The molecule has 0 aromatic carbocycles. The number of allylic oxidation sites excluding steroid dienone is 1. The summed E-state index contributed by atoms with van der Waals surface area (Å²) in [6.45, 7) is 7.85. The van der Waals surface area contributed by atoms with Crippen LogP contribution in [-0.4, -0.2) is 11.6 Å². The fraction of sp³-hybridized carbons (Fsp3) is 0.750. The van der Waals surface area contributed by atoms with Crippen molar-refractivity contribution in [1.82, 2.24) is 0 Å². The molecule has 1 aliphatic rings. The van der Waals surface area contributed by atoms with E-state index in [2.05, 4.69) is 13.0 Å². The molecule has 0 radical (unpaired) electrons. The van der Waals surface area contributed by atoms with Crippen molar-refractivity contribution in [2.24, 2.45) is 5.92 Å². The third kappa shape index (κ3) is 3.17. The fourth-order valence-corrected chi connectivity index (χ4v) is 1.63. The quantitative estimate of drug-likeness (QED) is 0.634. The molecule has 1 rings (SSSR count). The Morgan fingerprint density at radius 3 is 2.64 bits per heavy atom. The zero-order valence-electron chi connectivity index (χ0n) is 9.59. The van der Waals surface area contributed by atoms with Gasteiger partial charge in [0.05, 0.1) is 0 Å². The van der Waals surface area contributed by atoms with Crippen LogP contribution in [0.4, 0.5) is 0 Å². The molecular weight excluding hydrogens is 176 g/mol. The molecule has 0 saturated heterocycles. The number of carbonyl (C=O) groups excluding carboxylic acids is 1. The summed E-state index contributed by atoms with van der Waals surface area (Å²) < 4.78 is 5.31. The van der Waals surface area contributed by atoms with Crippen LogP contribution in [-0.2, 0) is 9.53 Å². The Bertz CT molecular complexity index is 246. The van der Waals surface area contributed by atoms with Crippen LogP contribution in [0.15, 0.2) is 11.6 Å². The first kappa shape index (κ1) is 11.3. The van der Waals surface area contributed by atoms with Crippen LogP contribution >= 0.6 is 0 Å². The van der Waals surface area contributed by atoms with Gasteiger partial charge in [-0.1, -0.05) is 13.0 Å². The Kier molecular flexibility index (Phi) is 3.35. The molecule has 0 N–H and O–H groups in total.